The van der Waals surface area contributed by atoms with Crippen molar-refractivity contribution in [2.45, 2.75) is 50.0 Å². The van der Waals surface area contributed by atoms with E-state index in [-0.39, 0.29) is 16.5 Å². The Labute approximate surface area is 125 Å². The smallest absolute Gasteiger partial charge is 0.207 e. The number of hydrogen-bond donors (Lipinski definition) is 0. The van der Waals surface area contributed by atoms with Gasteiger partial charge in [0.15, 0.2) is 0 Å². The second kappa shape index (κ2) is 6.54. The summed E-state index contributed by atoms with van der Waals surface area (Å²) in [6.07, 6.45) is 4.49. The van der Waals surface area contributed by atoms with Crippen LogP contribution in [0.15, 0.2) is 23.1 Å². The predicted octanol–water partition coefficient (Wildman–Crippen LogP) is 3.04. The lowest BCUT2D eigenvalue weighted by molar-refractivity contribution is 0.315. The Morgan fingerprint density at radius 2 is 2.14 bits per heavy atom. The molecule has 1 fully saturated rings. The molecule has 0 spiro atoms. The summed E-state index contributed by atoms with van der Waals surface area (Å²) in [6.45, 7) is 2.46. The second-order valence-electron chi connectivity index (χ2n) is 5.28. The second-order valence-corrected chi connectivity index (χ2v) is 7.17. The summed E-state index contributed by atoms with van der Waals surface area (Å²) in [6, 6.07) is 5.08. The fraction of sp³-hybridized carbons (Fsp3) is 0.533. The van der Waals surface area contributed by atoms with Gasteiger partial charge in [-0.1, -0.05) is 19.8 Å². The predicted molar refractivity (Wildman–Crippen MR) is 77.6 cm³/mol. The van der Waals surface area contributed by atoms with Crippen molar-refractivity contribution in [2.75, 3.05) is 6.54 Å². The minimum atomic E-state index is -3.68. The van der Waals surface area contributed by atoms with Gasteiger partial charge in [-0.25, -0.2) is 12.8 Å². The van der Waals surface area contributed by atoms with Gasteiger partial charge in [-0.3, -0.25) is 0 Å². The molecule has 0 saturated carbocycles. The Hall–Kier alpha value is -1.45. The molecule has 21 heavy (non-hydrogen) atoms. The molecule has 6 heteroatoms. The number of hydrogen-bond acceptors (Lipinski definition) is 3. The quantitative estimate of drug-likeness (QED) is 0.862. The fourth-order valence-corrected chi connectivity index (χ4v) is 4.56. The lowest BCUT2D eigenvalue weighted by atomic mass is 10.1. The lowest BCUT2D eigenvalue weighted by Crippen LogP contribution is -2.39. The monoisotopic (exact) mass is 310 g/mol. The van der Waals surface area contributed by atoms with Crippen LogP contribution >= 0.6 is 0 Å². The molecule has 1 atom stereocenters. The summed E-state index contributed by atoms with van der Waals surface area (Å²) in [4.78, 5) is 0.000741. The van der Waals surface area contributed by atoms with Crippen molar-refractivity contribution in [3.8, 4) is 6.07 Å². The molecule has 1 aromatic rings. The van der Waals surface area contributed by atoms with Crippen LogP contribution in [0.5, 0.6) is 0 Å². The van der Waals surface area contributed by atoms with Crippen LogP contribution in [0.4, 0.5) is 4.39 Å². The highest BCUT2D eigenvalue weighted by molar-refractivity contribution is 7.89. The standard InChI is InChI=1S/C15H19FN2O2S/c1-2-13-6-4-3-5-9-18(13)21(19,20)14-7-8-15(16)12(10-14)11-17/h7-8,10,13H,2-6,9H2,1H3. The van der Waals surface area contributed by atoms with E-state index >= 15 is 0 Å². The van der Waals surface area contributed by atoms with Crippen molar-refractivity contribution in [3.05, 3.63) is 29.6 Å². The molecule has 0 aliphatic carbocycles. The number of nitriles is 1. The van der Waals surface area contributed by atoms with Gasteiger partial charge in [0.1, 0.15) is 11.9 Å². The van der Waals surface area contributed by atoms with Gasteiger partial charge in [-0.15, -0.1) is 0 Å². The van der Waals surface area contributed by atoms with Crippen LogP contribution in [0.25, 0.3) is 0 Å². The van der Waals surface area contributed by atoms with Crippen molar-refractivity contribution in [2.24, 2.45) is 0 Å². The number of rotatable bonds is 3. The summed E-state index contributed by atoms with van der Waals surface area (Å²) >= 11 is 0. The first kappa shape index (κ1) is 15.9. The third-order valence-electron chi connectivity index (χ3n) is 3.96. The Balaban J connectivity index is 2.42. The summed E-state index contributed by atoms with van der Waals surface area (Å²) < 4.78 is 40.5. The molecular weight excluding hydrogens is 291 g/mol. The number of halogens is 1. The Morgan fingerprint density at radius 1 is 1.38 bits per heavy atom. The zero-order valence-corrected chi connectivity index (χ0v) is 12.9. The molecule has 1 unspecified atom stereocenters. The fourth-order valence-electron chi connectivity index (χ4n) is 2.76. The van der Waals surface area contributed by atoms with Gasteiger partial charge in [0, 0.05) is 12.6 Å². The lowest BCUT2D eigenvalue weighted by Gasteiger charge is -2.28. The Morgan fingerprint density at radius 3 is 2.81 bits per heavy atom. The summed E-state index contributed by atoms with van der Waals surface area (Å²) in [5.74, 6) is -0.695. The molecule has 2 rings (SSSR count). The molecule has 1 heterocycles. The van der Waals surface area contributed by atoms with E-state index in [1.54, 1.807) is 6.07 Å². The van der Waals surface area contributed by atoms with Crippen LogP contribution in [0.2, 0.25) is 0 Å². The molecule has 1 saturated heterocycles. The molecule has 114 valence electrons. The van der Waals surface area contributed by atoms with E-state index in [1.165, 1.54) is 10.4 Å². The molecule has 0 N–H and O–H groups in total. The largest absolute Gasteiger partial charge is 0.243 e. The van der Waals surface area contributed by atoms with Crippen LogP contribution < -0.4 is 0 Å². The highest BCUT2D eigenvalue weighted by atomic mass is 32.2. The number of sulfonamides is 1. The zero-order chi connectivity index (χ0) is 15.5. The van der Waals surface area contributed by atoms with Crippen LogP contribution in [-0.2, 0) is 10.0 Å². The average molecular weight is 310 g/mol. The number of benzene rings is 1. The first-order valence-corrected chi connectivity index (χ1v) is 8.66. The van der Waals surface area contributed by atoms with Gasteiger partial charge in [0.05, 0.1) is 10.5 Å². The van der Waals surface area contributed by atoms with Gasteiger partial charge in [0.25, 0.3) is 0 Å². The van der Waals surface area contributed by atoms with Crippen molar-refractivity contribution in [1.29, 1.82) is 5.26 Å². The van der Waals surface area contributed by atoms with Crippen molar-refractivity contribution >= 4 is 10.0 Å². The highest BCUT2D eigenvalue weighted by Crippen LogP contribution is 2.27. The molecule has 0 radical (unpaired) electrons. The molecule has 4 nitrogen and oxygen atoms in total. The summed E-state index contributed by atoms with van der Waals surface area (Å²) in [5.41, 5.74) is -0.237. The molecule has 1 aromatic carbocycles. The topological polar surface area (TPSA) is 61.2 Å². The first-order chi connectivity index (χ1) is 10.0. The van der Waals surface area contributed by atoms with Crippen LogP contribution in [0.1, 0.15) is 44.6 Å². The molecule has 0 aromatic heterocycles. The van der Waals surface area contributed by atoms with E-state index in [4.69, 9.17) is 5.26 Å². The van der Waals surface area contributed by atoms with Crippen LogP contribution in [0.3, 0.4) is 0 Å². The minimum absolute atomic E-state index is 0.000741. The molecular formula is C15H19FN2O2S. The van der Waals surface area contributed by atoms with Crippen molar-refractivity contribution in [3.63, 3.8) is 0 Å². The maximum absolute atomic E-state index is 13.4. The van der Waals surface area contributed by atoms with Gasteiger partial charge in [0.2, 0.25) is 10.0 Å². The highest BCUT2D eigenvalue weighted by Gasteiger charge is 2.31. The Bertz CT molecular complexity index is 652. The van der Waals surface area contributed by atoms with E-state index in [0.29, 0.717) is 6.54 Å². The number of nitrogens with zero attached hydrogens (tertiary/aromatic N) is 2. The van der Waals surface area contributed by atoms with E-state index in [0.717, 1.165) is 44.2 Å². The van der Waals surface area contributed by atoms with E-state index in [9.17, 15) is 12.8 Å². The third kappa shape index (κ3) is 3.25. The SMILES string of the molecule is CCC1CCCCCN1S(=O)(=O)c1ccc(F)c(C#N)c1. The average Bonchev–Trinajstić information content (AvgIpc) is 2.73. The zero-order valence-electron chi connectivity index (χ0n) is 12.0. The van der Waals surface area contributed by atoms with Crippen molar-refractivity contribution < 1.29 is 12.8 Å². The molecule has 0 bridgehead atoms. The normalized spacial score (nSPS) is 20.7. The Kier molecular flexibility index (Phi) is 4.96. The van der Waals surface area contributed by atoms with Gasteiger partial charge in [-0.2, -0.15) is 9.57 Å². The van der Waals surface area contributed by atoms with Crippen LogP contribution in [0, 0.1) is 17.1 Å². The maximum Gasteiger partial charge on any atom is 0.243 e. The molecule has 0 amide bonds. The summed E-state index contributed by atoms with van der Waals surface area (Å²) in [5, 5.41) is 8.86. The summed E-state index contributed by atoms with van der Waals surface area (Å²) in [7, 11) is -3.68. The van der Waals surface area contributed by atoms with E-state index in [1.807, 2.05) is 6.92 Å². The minimum Gasteiger partial charge on any atom is -0.207 e. The van der Waals surface area contributed by atoms with E-state index < -0.39 is 15.8 Å². The molecule has 1 aliphatic rings. The van der Waals surface area contributed by atoms with Gasteiger partial charge < -0.3 is 0 Å². The van der Waals surface area contributed by atoms with Gasteiger partial charge in [-0.05, 0) is 37.5 Å². The van der Waals surface area contributed by atoms with Crippen LogP contribution in [-0.4, -0.2) is 25.3 Å². The van der Waals surface area contributed by atoms with Crippen molar-refractivity contribution in [1.82, 2.24) is 4.31 Å². The maximum atomic E-state index is 13.4. The molecule has 1 aliphatic heterocycles. The third-order valence-corrected chi connectivity index (χ3v) is 5.91. The first-order valence-electron chi connectivity index (χ1n) is 7.22. The van der Waals surface area contributed by atoms with Gasteiger partial charge >= 0.3 is 0 Å². The van der Waals surface area contributed by atoms with E-state index in [2.05, 4.69) is 0 Å².